The summed E-state index contributed by atoms with van der Waals surface area (Å²) in [6, 6.07) is 32.9. The molecule has 0 spiro atoms. The van der Waals surface area contributed by atoms with Gasteiger partial charge in [-0.1, -0.05) is 151 Å². The second-order valence-electron chi connectivity index (χ2n) is 21.8. The summed E-state index contributed by atoms with van der Waals surface area (Å²) in [7, 11) is 2.61. The van der Waals surface area contributed by atoms with Gasteiger partial charge in [0.05, 0.1) is 24.5 Å². The van der Waals surface area contributed by atoms with Gasteiger partial charge in [-0.25, -0.2) is 0 Å². The quantitative estimate of drug-likeness (QED) is 0.0636. The first-order valence-electron chi connectivity index (χ1n) is 25.7. The van der Waals surface area contributed by atoms with Gasteiger partial charge in [-0.15, -0.1) is 23.5 Å². The zero-order valence-electron chi connectivity index (χ0n) is 45.6. The number of nitrogens with one attached hydrogen (secondary N) is 2. The van der Waals surface area contributed by atoms with E-state index < -0.39 is 78.5 Å². The first kappa shape index (κ1) is 60.8. The third-order valence-electron chi connectivity index (χ3n) is 12.7. The molecule has 4 amide bonds. The SMILES string of the molecule is CO[C@@H](C(=O)N[C@H]1CSc2ccccc2N(Cc2ccccc2)C1=O)[C@@H]1OC(C)(C)O[C@H](/C=C/C(C)(C)C)[C@@H]1O.CO[C@@H](C(=O)N[C@H]1CSc2ccccc2N(Cc2ccccc2)C1=O)[C@H](O)[C@@H](O)[C@H](O)/C=C/C(C)(C)C. The molecule has 0 saturated carbocycles. The molecule has 7 rings (SSSR count). The average molecular weight is 1100 g/mol. The zero-order chi connectivity index (χ0) is 56.2. The second-order valence-corrected chi connectivity index (χ2v) is 23.9. The average Bonchev–Trinajstić information content (AvgIpc) is 3.61. The van der Waals surface area contributed by atoms with Crippen LogP contribution in [0.5, 0.6) is 0 Å². The van der Waals surface area contributed by atoms with E-state index in [0.717, 1.165) is 32.3 Å². The predicted molar refractivity (Wildman–Crippen MR) is 300 cm³/mol. The van der Waals surface area contributed by atoms with Crippen molar-refractivity contribution in [3.63, 3.8) is 0 Å². The molecule has 10 atom stereocenters. The van der Waals surface area contributed by atoms with E-state index in [1.165, 1.54) is 43.8 Å². The lowest BCUT2D eigenvalue weighted by Crippen LogP contribution is -2.62. The molecule has 1 fully saturated rings. The van der Waals surface area contributed by atoms with Gasteiger partial charge in [0.15, 0.2) is 18.0 Å². The van der Waals surface area contributed by atoms with Crippen molar-refractivity contribution in [3.05, 3.63) is 145 Å². The molecular weight excluding hydrogens is 1020 g/mol. The first-order chi connectivity index (χ1) is 36.4. The highest BCUT2D eigenvalue weighted by molar-refractivity contribution is 7.99. The topological polar surface area (TPSA) is 217 Å². The summed E-state index contributed by atoms with van der Waals surface area (Å²) in [6.07, 6.45) is -3.53. The van der Waals surface area contributed by atoms with Crippen molar-refractivity contribution in [2.24, 2.45) is 10.8 Å². The lowest BCUT2D eigenvalue weighted by Gasteiger charge is -2.45. The van der Waals surface area contributed by atoms with Gasteiger partial charge in [0.2, 0.25) is 0 Å². The molecule has 0 bridgehead atoms. The van der Waals surface area contributed by atoms with Crippen molar-refractivity contribution in [2.45, 2.75) is 145 Å². The molecule has 416 valence electrons. The maximum Gasteiger partial charge on any atom is 0.252 e. The summed E-state index contributed by atoms with van der Waals surface area (Å²) in [5, 5.41) is 48.2. The summed E-state index contributed by atoms with van der Waals surface area (Å²) >= 11 is 2.96. The van der Waals surface area contributed by atoms with E-state index in [0.29, 0.717) is 18.8 Å². The van der Waals surface area contributed by atoms with E-state index in [1.54, 1.807) is 35.8 Å². The van der Waals surface area contributed by atoms with Gasteiger partial charge in [-0.3, -0.25) is 19.2 Å². The van der Waals surface area contributed by atoms with Crippen LogP contribution in [0.3, 0.4) is 0 Å². The highest BCUT2D eigenvalue weighted by Gasteiger charge is 2.48. The maximum absolute atomic E-state index is 13.9. The van der Waals surface area contributed by atoms with Crippen molar-refractivity contribution >= 4 is 58.5 Å². The normalized spacial score (nSPS) is 22.8. The summed E-state index contributed by atoms with van der Waals surface area (Å²) < 4.78 is 22.8. The number of aliphatic hydroxyl groups excluding tert-OH is 4. The Bertz CT molecular complexity index is 2660. The van der Waals surface area contributed by atoms with Crippen molar-refractivity contribution in [1.29, 1.82) is 0 Å². The van der Waals surface area contributed by atoms with Crippen molar-refractivity contribution in [1.82, 2.24) is 10.6 Å². The Morgan fingerprint density at radius 1 is 0.675 bits per heavy atom. The predicted octanol–water partition coefficient (Wildman–Crippen LogP) is 6.82. The molecule has 0 aromatic heterocycles. The number of anilines is 2. The summed E-state index contributed by atoms with van der Waals surface area (Å²) in [5.41, 5.74) is 3.11. The molecule has 3 heterocycles. The van der Waals surface area contributed by atoms with E-state index in [1.807, 2.05) is 157 Å². The molecule has 4 aromatic carbocycles. The van der Waals surface area contributed by atoms with Crippen LogP contribution in [-0.4, -0.2) is 136 Å². The Labute approximate surface area is 461 Å². The number of rotatable bonds is 16. The number of allylic oxidation sites excluding steroid dienone is 2. The van der Waals surface area contributed by atoms with Crippen molar-refractivity contribution in [2.75, 3.05) is 35.5 Å². The fourth-order valence-electron chi connectivity index (χ4n) is 8.74. The number of benzene rings is 4. The van der Waals surface area contributed by atoms with Gasteiger partial charge in [-0.2, -0.15) is 0 Å². The van der Waals surface area contributed by atoms with E-state index in [9.17, 15) is 39.6 Å². The van der Waals surface area contributed by atoms with Crippen molar-refractivity contribution < 1.29 is 58.6 Å². The molecule has 4 aromatic rings. The van der Waals surface area contributed by atoms with Gasteiger partial charge in [-0.05, 0) is 60.1 Å². The Hall–Kier alpha value is -5.38. The van der Waals surface area contributed by atoms with Crippen LogP contribution in [0.1, 0.15) is 66.5 Å². The third kappa shape index (κ3) is 16.8. The number of para-hydroxylation sites is 2. The van der Waals surface area contributed by atoms with Gasteiger partial charge in [0.25, 0.3) is 23.6 Å². The Kier molecular flexibility index (Phi) is 21.3. The summed E-state index contributed by atoms with van der Waals surface area (Å²) in [5.74, 6) is -2.26. The number of amides is 4. The molecule has 16 nitrogen and oxygen atoms in total. The van der Waals surface area contributed by atoms with Crippen LogP contribution >= 0.6 is 23.5 Å². The lowest BCUT2D eigenvalue weighted by molar-refractivity contribution is -0.334. The molecule has 0 aliphatic carbocycles. The van der Waals surface area contributed by atoms with Crippen LogP contribution < -0.4 is 20.4 Å². The number of fused-ring (bicyclic) bond motifs is 2. The minimum Gasteiger partial charge on any atom is -0.387 e. The van der Waals surface area contributed by atoms with Gasteiger partial charge >= 0.3 is 0 Å². The van der Waals surface area contributed by atoms with Crippen molar-refractivity contribution in [3.8, 4) is 0 Å². The fourth-order valence-corrected chi connectivity index (χ4v) is 10.9. The smallest absolute Gasteiger partial charge is 0.252 e. The van der Waals surface area contributed by atoms with E-state index in [4.69, 9.17) is 18.9 Å². The third-order valence-corrected chi connectivity index (χ3v) is 15.0. The number of hydrogen-bond acceptors (Lipinski definition) is 14. The van der Waals surface area contributed by atoms with Crippen LogP contribution in [0.25, 0.3) is 0 Å². The molecule has 3 aliphatic heterocycles. The molecule has 1 saturated heterocycles. The number of ether oxygens (including phenoxy) is 4. The molecule has 0 radical (unpaired) electrons. The minimum absolute atomic E-state index is 0.125. The van der Waals surface area contributed by atoms with Crippen LogP contribution in [-0.2, 0) is 51.2 Å². The Balaban J connectivity index is 0.000000250. The number of nitrogens with zero attached hydrogens (tertiary/aromatic N) is 2. The largest absolute Gasteiger partial charge is 0.387 e. The second kappa shape index (κ2) is 27.0. The Morgan fingerprint density at radius 3 is 1.58 bits per heavy atom. The summed E-state index contributed by atoms with van der Waals surface area (Å²) in [6.45, 7) is 16.1. The fraction of sp³-hybridized carbons (Fsp3) is 0.458. The monoisotopic (exact) mass is 1100 g/mol. The number of aliphatic hydroxyl groups is 4. The highest BCUT2D eigenvalue weighted by atomic mass is 32.2. The molecule has 3 aliphatic rings. The molecule has 0 unspecified atom stereocenters. The molecule has 6 N–H and O–H groups in total. The number of carbonyl (C=O) groups excluding carboxylic acids is 4. The van der Waals surface area contributed by atoms with Crippen LogP contribution in [0.15, 0.2) is 143 Å². The zero-order valence-corrected chi connectivity index (χ0v) is 47.2. The van der Waals surface area contributed by atoms with Crippen LogP contribution in [0.4, 0.5) is 11.4 Å². The summed E-state index contributed by atoms with van der Waals surface area (Å²) in [4.78, 5) is 59.6. The Morgan fingerprint density at radius 2 is 1.13 bits per heavy atom. The van der Waals surface area contributed by atoms with Gasteiger partial charge in [0.1, 0.15) is 48.7 Å². The van der Waals surface area contributed by atoms with E-state index in [-0.39, 0.29) is 28.4 Å². The molecule has 77 heavy (non-hydrogen) atoms. The minimum atomic E-state index is -1.73. The van der Waals surface area contributed by atoms with Crippen LogP contribution in [0, 0.1) is 10.8 Å². The standard InChI is InChI=1S/C31H40N2O6S.C28H36N2O6S/c1-30(2,3)17-16-23-25(34)26(39-31(4,5)38-23)27(37-6)28(35)32-21-19-40-24-15-11-10-14-22(24)33(29(21)36)18-20-12-8-7-9-13-20;1-28(2,3)15-14-21(31)23(32)24(33)25(36-4)26(34)29-19-17-37-22-13-9-8-12-20(22)30(27(19)35)16-18-10-6-5-7-11-18/h7-17,21,23,25-27,34H,18-19H2,1-6H3,(H,32,35);5-15,19,21,23-25,31-33H,16-17H2,1-4H3,(H,29,34)/b17-16+;15-14+/t21-,23+,25-,26+,27+;19-,21+,23-,24+,25+/m00/s1. The lowest BCUT2D eigenvalue weighted by atomic mass is 9.93. The first-order valence-corrected chi connectivity index (χ1v) is 27.6. The number of carbonyl (C=O) groups is 4. The number of thioether (sulfide) groups is 2. The van der Waals surface area contributed by atoms with E-state index in [2.05, 4.69) is 10.6 Å². The van der Waals surface area contributed by atoms with Crippen LogP contribution in [0.2, 0.25) is 0 Å². The molecular formula is C59H76N4O12S2. The molecule has 18 heteroatoms. The van der Waals surface area contributed by atoms with Gasteiger partial charge < -0.3 is 59.8 Å². The maximum atomic E-state index is 13.9. The van der Waals surface area contributed by atoms with E-state index >= 15 is 0 Å². The highest BCUT2D eigenvalue weighted by Crippen LogP contribution is 2.37. The number of methoxy groups -OCH3 is 2. The number of hydrogen-bond donors (Lipinski definition) is 6. The van der Waals surface area contributed by atoms with Gasteiger partial charge in [0, 0.05) is 35.5 Å².